The lowest BCUT2D eigenvalue weighted by Crippen LogP contribution is -2.39. The molecular weight excluding hydrogens is 396 g/mol. The molecule has 0 aliphatic carbocycles. The van der Waals surface area contributed by atoms with Crippen LogP contribution in [0.25, 0.3) is 10.2 Å². The maximum atomic E-state index is 12.7. The number of carbonyl (C=O) groups excluding carboxylic acids is 1. The standard InChI is InChI=1S/C21H21F2N3O2S/c22-21(23)28-17-10-3-1-7-14(17)24-19(27)13-26-12-6-5-9-16(26)20-25-15-8-2-4-11-18(15)29-20/h1-4,7-8,10-11,16,21H,5-6,9,12-13H2,(H,24,27)/t16-/m1/s1. The number of thiazole rings is 1. The number of benzene rings is 2. The Morgan fingerprint density at radius 1 is 1.21 bits per heavy atom. The number of carbonyl (C=O) groups is 1. The Labute approximate surface area is 171 Å². The van der Waals surface area contributed by atoms with Gasteiger partial charge in [-0.1, -0.05) is 30.7 Å². The predicted octanol–water partition coefficient (Wildman–Crippen LogP) is 5.06. The second-order valence-corrected chi connectivity index (χ2v) is 7.99. The molecule has 2 heterocycles. The van der Waals surface area contributed by atoms with Crippen molar-refractivity contribution in [2.45, 2.75) is 31.9 Å². The first-order chi connectivity index (χ1) is 14.1. The van der Waals surface area contributed by atoms with Crippen molar-refractivity contribution in [1.29, 1.82) is 0 Å². The van der Waals surface area contributed by atoms with Gasteiger partial charge < -0.3 is 10.1 Å². The highest BCUT2D eigenvalue weighted by atomic mass is 32.1. The molecule has 8 heteroatoms. The number of anilines is 1. The molecular formula is C21H21F2N3O2S. The van der Waals surface area contributed by atoms with Crippen LogP contribution in [-0.2, 0) is 4.79 Å². The number of rotatable bonds is 6. The summed E-state index contributed by atoms with van der Waals surface area (Å²) in [5.74, 6) is -0.305. The van der Waals surface area contributed by atoms with Gasteiger partial charge in [-0.15, -0.1) is 11.3 Å². The Bertz CT molecular complexity index is 962. The van der Waals surface area contributed by atoms with E-state index in [2.05, 4.69) is 21.0 Å². The zero-order chi connectivity index (χ0) is 20.2. The van der Waals surface area contributed by atoms with Gasteiger partial charge in [0.2, 0.25) is 5.91 Å². The average Bonchev–Trinajstić information content (AvgIpc) is 3.13. The molecule has 152 valence electrons. The summed E-state index contributed by atoms with van der Waals surface area (Å²) in [7, 11) is 0. The van der Waals surface area contributed by atoms with E-state index >= 15 is 0 Å². The molecule has 1 aliphatic heterocycles. The summed E-state index contributed by atoms with van der Waals surface area (Å²) < 4.78 is 30.8. The van der Waals surface area contributed by atoms with Gasteiger partial charge in [0.25, 0.3) is 0 Å². The summed E-state index contributed by atoms with van der Waals surface area (Å²) in [5.41, 5.74) is 1.21. The number of piperidine rings is 1. The van der Waals surface area contributed by atoms with Crippen LogP contribution in [0.4, 0.5) is 14.5 Å². The van der Waals surface area contributed by atoms with Crippen LogP contribution >= 0.6 is 11.3 Å². The number of fused-ring (bicyclic) bond motifs is 1. The van der Waals surface area contributed by atoms with Crippen LogP contribution in [0.5, 0.6) is 5.75 Å². The quantitative estimate of drug-likeness (QED) is 0.609. The number of amides is 1. The Morgan fingerprint density at radius 3 is 2.83 bits per heavy atom. The van der Waals surface area contributed by atoms with Gasteiger partial charge >= 0.3 is 6.61 Å². The second-order valence-electron chi connectivity index (χ2n) is 6.92. The van der Waals surface area contributed by atoms with Crippen molar-refractivity contribution >= 4 is 33.1 Å². The van der Waals surface area contributed by atoms with E-state index in [-0.39, 0.29) is 29.9 Å². The Hall–Kier alpha value is -2.58. The van der Waals surface area contributed by atoms with Crippen LogP contribution in [0, 0.1) is 0 Å². The topological polar surface area (TPSA) is 54.5 Å². The fourth-order valence-corrected chi connectivity index (χ4v) is 4.77. The van der Waals surface area contributed by atoms with E-state index < -0.39 is 6.61 Å². The van der Waals surface area contributed by atoms with Crippen molar-refractivity contribution in [2.24, 2.45) is 0 Å². The van der Waals surface area contributed by atoms with Crippen molar-refractivity contribution in [3.8, 4) is 5.75 Å². The van der Waals surface area contributed by atoms with Gasteiger partial charge in [0, 0.05) is 0 Å². The highest BCUT2D eigenvalue weighted by Gasteiger charge is 2.28. The number of nitrogens with zero attached hydrogens (tertiary/aromatic N) is 2. The third-order valence-corrected chi connectivity index (χ3v) is 6.07. The number of hydrogen-bond donors (Lipinski definition) is 1. The normalized spacial score (nSPS) is 17.6. The second kappa shape index (κ2) is 8.84. The molecule has 0 bridgehead atoms. The van der Waals surface area contributed by atoms with Crippen molar-refractivity contribution < 1.29 is 18.3 Å². The molecule has 29 heavy (non-hydrogen) atoms. The number of hydrogen-bond acceptors (Lipinski definition) is 5. The maximum Gasteiger partial charge on any atom is 0.387 e. The fraction of sp³-hybridized carbons (Fsp3) is 0.333. The van der Waals surface area contributed by atoms with Crippen molar-refractivity contribution in [3.05, 3.63) is 53.5 Å². The molecule has 4 rings (SSSR count). The van der Waals surface area contributed by atoms with Crippen LogP contribution in [-0.4, -0.2) is 35.5 Å². The molecule has 0 spiro atoms. The van der Waals surface area contributed by atoms with E-state index in [9.17, 15) is 13.6 Å². The van der Waals surface area contributed by atoms with Gasteiger partial charge in [-0.3, -0.25) is 9.69 Å². The molecule has 1 amide bonds. The molecule has 1 aromatic heterocycles. The van der Waals surface area contributed by atoms with Crippen LogP contribution in [0.1, 0.15) is 30.3 Å². The molecule has 0 unspecified atom stereocenters. The summed E-state index contributed by atoms with van der Waals surface area (Å²) in [5, 5.41) is 3.72. The Morgan fingerprint density at radius 2 is 2.00 bits per heavy atom. The van der Waals surface area contributed by atoms with Gasteiger partial charge in [-0.2, -0.15) is 8.78 Å². The Kier molecular flexibility index (Phi) is 6.01. The van der Waals surface area contributed by atoms with Crippen LogP contribution in [0.3, 0.4) is 0 Å². The fourth-order valence-electron chi connectivity index (χ4n) is 3.64. The molecule has 5 nitrogen and oxygen atoms in total. The number of ether oxygens (including phenoxy) is 1. The summed E-state index contributed by atoms with van der Waals surface area (Å²) in [6.45, 7) is -1.98. The zero-order valence-electron chi connectivity index (χ0n) is 15.7. The number of para-hydroxylation sites is 3. The predicted molar refractivity (Wildman–Crippen MR) is 109 cm³/mol. The first-order valence-corrected chi connectivity index (χ1v) is 10.3. The summed E-state index contributed by atoms with van der Waals surface area (Å²) in [4.78, 5) is 19.5. The lowest BCUT2D eigenvalue weighted by molar-refractivity contribution is -0.118. The molecule has 1 aliphatic rings. The first kappa shape index (κ1) is 19.7. The minimum absolute atomic E-state index is 0.0442. The largest absolute Gasteiger partial charge is 0.433 e. The summed E-state index contributed by atoms with van der Waals surface area (Å²) >= 11 is 1.66. The van der Waals surface area contributed by atoms with E-state index in [1.165, 1.54) is 6.07 Å². The van der Waals surface area contributed by atoms with Crippen LogP contribution in [0.15, 0.2) is 48.5 Å². The number of halogens is 2. The lowest BCUT2D eigenvalue weighted by Gasteiger charge is -2.33. The minimum Gasteiger partial charge on any atom is -0.433 e. The molecule has 1 atom stereocenters. The van der Waals surface area contributed by atoms with Crippen LogP contribution in [0.2, 0.25) is 0 Å². The maximum absolute atomic E-state index is 12.7. The third kappa shape index (κ3) is 4.71. The molecule has 0 radical (unpaired) electrons. The van der Waals surface area contributed by atoms with E-state index in [0.29, 0.717) is 0 Å². The van der Waals surface area contributed by atoms with Gasteiger partial charge in [0.1, 0.15) is 10.8 Å². The smallest absolute Gasteiger partial charge is 0.387 e. The molecule has 3 aromatic rings. The Balaban J connectivity index is 1.48. The number of alkyl halides is 2. The van der Waals surface area contributed by atoms with E-state index in [1.807, 2.05) is 18.2 Å². The first-order valence-electron chi connectivity index (χ1n) is 9.53. The van der Waals surface area contributed by atoms with Gasteiger partial charge in [-0.05, 0) is 43.7 Å². The summed E-state index contributed by atoms with van der Waals surface area (Å²) in [6.07, 6.45) is 3.04. The highest BCUT2D eigenvalue weighted by molar-refractivity contribution is 7.18. The van der Waals surface area contributed by atoms with Crippen molar-refractivity contribution in [2.75, 3.05) is 18.4 Å². The molecule has 2 aromatic carbocycles. The molecule has 1 fully saturated rings. The average molecular weight is 417 g/mol. The number of likely N-dealkylation sites (tertiary alicyclic amines) is 1. The number of nitrogens with one attached hydrogen (secondary N) is 1. The highest BCUT2D eigenvalue weighted by Crippen LogP contribution is 2.35. The zero-order valence-corrected chi connectivity index (χ0v) is 16.5. The van der Waals surface area contributed by atoms with Crippen LogP contribution < -0.4 is 10.1 Å². The third-order valence-electron chi connectivity index (χ3n) is 4.93. The minimum atomic E-state index is -2.95. The van der Waals surface area contributed by atoms with E-state index in [1.54, 1.807) is 29.5 Å². The molecule has 0 saturated carbocycles. The van der Waals surface area contributed by atoms with Gasteiger partial charge in [-0.25, -0.2) is 4.98 Å². The van der Waals surface area contributed by atoms with E-state index in [0.717, 1.165) is 41.0 Å². The van der Waals surface area contributed by atoms with Gasteiger partial charge in [0.15, 0.2) is 0 Å². The summed E-state index contributed by atoms with van der Waals surface area (Å²) in [6, 6.07) is 14.3. The number of aromatic nitrogens is 1. The van der Waals surface area contributed by atoms with E-state index in [4.69, 9.17) is 4.98 Å². The monoisotopic (exact) mass is 417 g/mol. The van der Waals surface area contributed by atoms with Gasteiger partial charge in [0.05, 0.1) is 28.5 Å². The van der Waals surface area contributed by atoms with Crippen molar-refractivity contribution in [3.63, 3.8) is 0 Å². The molecule has 1 N–H and O–H groups in total. The molecule has 1 saturated heterocycles. The lowest BCUT2D eigenvalue weighted by atomic mass is 10.0. The SMILES string of the molecule is O=C(CN1CCCC[C@@H]1c1nc2ccccc2s1)Nc1ccccc1OC(F)F. The van der Waals surface area contributed by atoms with Crippen molar-refractivity contribution in [1.82, 2.24) is 9.88 Å².